The molecule has 0 saturated carbocycles. The number of hydrogen-bond donors (Lipinski definition) is 0. The van der Waals surface area contributed by atoms with E-state index in [0.29, 0.717) is 12.8 Å². The summed E-state index contributed by atoms with van der Waals surface area (Å²) in [5.41, 5.74) is 0.0250. The Balaban J connectivity index is 1.34. The average molecular weight is 447 g/mol. The van der Waals surface area contributed by atoms with Gasteiger partial charge in [-0.05, 0) is 25.0 Å². The maximum absolute atomic E-state index is 12.8. The number of hydrogen-bond acceptors (Lipinski definition) is 5. The average Bonchev–Trinajstić information content (AvgIpc) is 3.04. The number of imide groups is 1. The normalized spacial score (nSPS) is 23.0. The van der Waals surface area contributed by atoms with Gasteiger partial charge in [0.05, 0.1) is 17.4 Å². The van der Waals surface area contributed by atoms with Crippen molar-refractivity contribution in [3.05, 3.63) is 42.0 Å². The quantitative estimate of drug-likeness (QED) is 0.505. The molecule has 3 aliphatic rings. The molecule has 32 heavy (non-hydrogen) atoms. The second kappa shape index (κ2) is 9.05. The minimum absolute atomic E-state index is 0.0250. The molecule has 2 atom stereocenters. The number of likely N-dealkylation sites (tertiary alicyclic amines) is 1. The van der Waals surface area contributed by atoms with Crippen molar-refractivity contribution >= 4 is 23.6 Å². The molecule has 2 fully saturated rings. The predicted octanol–water partition coefficient (Wildman–Crippen LogP) is 1.52. The van der Waals surface area contributed by atoms with Crippen molar-refractivity contribution < 1.29 is 32.7 Å². The van der Waals surface area contributed by atoms with E-state index in [0.717, 1.165) is 4.90 Å². The lowest BCUT2D eigenvalue weighted by Crippen LogP contribution is -2.53. The lowest BCUT2D eigenvalue weighted by molar-refractivity contribution is -0.147. The summed E-state index contributed by atoms with van der Waals surface area (Å²) in [4.78, 5) is 54.7. The van der Waals surface area contributed by atoms with Crippen LogP contribution < -0.4 is 4.74 Å². The first-order chi connectivity index (χ1) is 15.4. The van der Waals surface area contributed by atoms with Gasteiger partial charge in [-0.25, -0.2) is 0 Å². The third-order valence-electron chi connectivity index (χ3n) is 6.15. The predicted molar refractivity (Wildman–Crippen MR) is 108 cm³/mol. The Morgan fingerprint density at radius 2 is 1.50 bits per heavy atom. The third kappa shape index (κ3) is 4.21. The smallest absolute Gasteiger partial charge is 0.387 e. The van der Waals surface area contributed by atoms with Gasteiger partial charge in [0.25, 0.3) is 5.91 Å². The second-order valence-corrected chi connectivity index (χ2v) is 7.97. The van der Waals surface area contributed by atoms with E-state index in [-0.39, 0.29) is 73.6 Å². The van der Waals surface area contributed by atoms with E-state index >= 15 is 0 Å². The number of benzene rings is 1. The van der Waals surface area contributed by atoms with E-state index in [4.69, 9.17) is 0 Å². The van der Waals surface area contributed by atoms with Gasteiger partial charge < -0.3 is 14.5 Å². The molecule has 0 aromatic heterocycles. The van der Waals surface area contributed by atoms with Crippen LogP contribution in [0, 0.1) is 11.8 Å². The van der Waals surface area contributed by atoms with Gasteiger partial charge in [-0.2, -0.15) is 8.78 Å². The number of ether oxygens (including phenoxy) is 1. The summed E-state index contributed by atoms with van der Waals surface area (Å²) in [6.45, 7) is -2.52. The number of alkyl halides is 2. The molecular weight excluding hydrogens is 424 g/mol. The molecule has 2 unspecified atom stereocenters. The van der Waals surface area contributed by atoms with Crippen LogP contribution in [-0.4, -0.2) is 77.7 Å². The van der Waals surface area contributed by atoms with E-state index in [1.165, 1.54) is 28.0 Å². The molecule has 0 spiro atoms. The van der Waals surface area contributed by atoms with Crippen LogP contribution in [0.4, 0.5) is 8.78 Å². The van der Waals surface area contributed by atoms with E-state index in [2.05, 4.69) is 4.74 Å². The first-order valence-electron chi connectivity index (χ1n) is 10.5. The summed E-state index contributed by atoms with van der Waals surface area (Å²) in [7, 11) is 0. The first-order valence-corrected chi connectivity index (χ1v) is 10.5. The highest BCUT2D eigenvalue weighted by molar-refractivity contribution is 6.07. The second-order valence-electron chi connectivity index (χ2n) is 7.97. The van der Waals surface area contributed by atoms with Gasteiger partial charge >= 0.3 is 6.61 Å². The van der Waals surface area contributed by atoms with Gasteiger partial charge in [-0.3, -0.25) is 24.1 Å². The largest absolute Gasteiger partial charge is 0.434 e. The van der Waals surface area contributed by atoms with Crippen LogP contribution >= 0.6 is 0 Å². The molecule has 10 heteroatoms. The number of piperazine rings is 1. The van der Waals surface area contributed by atoms with Gasteiger partial charge in [0.2, 0.25) is 17.7 Å². The number of fused-ring (bicyclic) bond motifs is 1. The highest BCUT2D eigenvalue weighted by Crippen LogP contribution is 2.35. The summed E-state index contributed by atoms with van der Waals surface area (Å²) >= 11 is 0. The standard InChI is InChI=1S/C22H23F2N3O5/c23-22(24)32-17-8-4-3-7-16(17)19(29)26-11-9-25(10-12-26)18(28)13-27-20(30)14-5-1-2-6-15(14)21(27)31/h1-4,7-8,14-15,22H,5-6,9-13H2. The number of para-hydroxylation sites is 1. The Kier molecular flexibility index (Phi) is 6.20. The van der Waals surface area contributed by atoms with Gasteiger partial charge in [0.1, 0.15) is 12.3 Å². The number of carbonyl (C=O) groups is 4. The van der Waals surface area contributed by atoms with Crippen LogP contribution in [0.2, 0.25) is 0 Å². The van der Waals surface area contributed by atoms with Gasteiger partial charge in [0.15, 0.2) is 0 Å². The van der Waals surface area contributed by atoms with Gasteiger partial charge in [0, 0.05) is 26.2 Å². The molecule has 1 aromatic carbocycles. The van der Waals surface area contributed by atoms with Crippen LogP contribution in [0.15, 0.2) is 36.4 Å². The van der Waals surface area contributed by atoms with Crippen LogP contribution in [0.3, 0.4) is 0 Å². The van der Waals surface area contributed by atoms with Gasteiger partial charge in [-0.15, -0.1) is 0 Å². The maximum atomic E-state index is 12.8. The molecule has 0 bridgehead atoms. The highest BCUT2D eigenvalue weighted by Gasteiger charge is 2.48. The molecule has 2 saturated heterocycles. The zero-order valence-electron chi connectivity index (χ0n) is 17.3. The topological polar surface area (TPSA) is 87.2 Å². The maximum Gasteiger partial charge on any atom is 0.387 e. The molecule has 4 rings (SSSR count). The Labute approximate surface area is 183 Å². The summed E-state index contributed by atoms with van der Waals surface area (Å²) in [5, 5.41) is 0. The molecule has 1 aromatic rings. The molecule has 0 N–H and O–H groups in total. The van der Waals surface area contributed by atoms with E-state index in [9.17, 15) is 28.0 Å². The Morgan fingerprint density at radius 3 is 2.09 bits per heavy atom. The number of allylic oxidation sites excluding steroid dienone is 2. The molecule has 4 amide bonds. The minimum atomic E-state index is -3.05. The van der Waals surface area contributed by atoms with Crippen molar-refractivity contribution in [2.45, 2.75) is 19.5 Å². The fourth-order valence-corrected chi connectivity index (χ4v) is 4.43. The fraction of sp³-hybridized carbons (Fsp3) is 0.455. The van der Waals surface area contributed by atoms with Gasteiger partial charge in [-0.1, -0.05) is 24.3 Å². The Bertz CT molecular complexity index is 933. The van der Waals surface area contributed by atoms with Crippen LogP contribution in [0.25, 0.3) is 0 Å². The van der Waals surface area contributed by atoms with E-state index in [1.54, 1.807) is 6.07 Å². The number of nitrogens with zero attached hydrogens (tertiary/aromatic N) is 3. The summed E-state index contributed by atoms with van der Waals surface area (Å²) < 4.78 is 29.7. The molecular formula is C22H23F2N3O5. The van der Waals surface area contributed by atoms with E-state index in [1.807, 2.05) is 12.2 Å². The van der Waals surface area contributed by atoms with Crippen LogP contribution in [0.1, 0.15) is 23.2 Å². The monoisotopic (exact) mass is 447 g/mol. The molecule has 8 nitrogen and oxygen atoms in total. The molecule has 0 radical (unpaired) electrons. The zero-order chi connectivity index (χ0) is 22.8. The zero-order valence-corrected chi connectivity index (χ0v) is 17.3. The van der Waals surface area contributed by atoms with Crippen molar-refractivity contribution in [2.24, 2.45) is 11.8 Å². The summed E-state index contributed by atoms with van der Waals surface area (Å²) in [5.74, 6) is -2.39. The molecule has 2 aliphatic heterocycles. The summed E-state index contributed by atoms with van der Waals surface area (Å²) in [6.07, 6.45) is 4.80. The van der Waals surface area contributed by atoms with Crippen molar-refractivity contribution in [3.8, 4) is 5.75 Å². The minimum Gasteiger partial charge on any atom is -0.434 e. The third-order valence-corrected chi connectivity index (χ3v) is 6.15. The van der Waals surface area contributed by atoms with Crippen molar-refractivity contribution in [1.82, 2.24) is 14.7 Å². The molecule has 1 aliphatic carbocycles. The Morgan fingerprint density at radius 1 is 0.938 bits per heavy atom. The molecule has 2 heterocycles. The van der Waals surface area contributed by atoms with Crippen molar-refractivity contribution in [2.75, 3.05) is 32.7 Å². The number of rotatable bonds is 5. The molecule has 170 valence electrons. The number of halogens is 2. The first kappa shape index (κ1) is 21.9. The lowest BCUT2D eigenvalue weighted by Gasteiger charge is -2.35. The van der Waals surface area contributed by atoms with Crippen LogP contribution in [-0.2, 0) is 14.4 Å². The Hall–Kier alpha value is -3.30. The summed E-state index contributed by atoms with van der Waals surface area (Å²) in [6, 6.07) is 5.77. The highest BCUT2D eigenvalue weighted by atomic mass is 19.3. The van der Waals surface area contributed by atoms with Crippen LogP contribution in [0.5, 0.6) is 5.75 Å². The van der Waals surface area contributed by atoms with E-state index < -0.39 is 12.5 Å². The SMILES string of the molecule is O=C(CN1C(=O)C2CC=CCC2C1=O)N1CCN(C(=O)c2ccccc2OC(F)F)CC1. The van der Waals surface area contributed by atoms with Crippen molar-refractivity contribution in [1.29, 1.82) is 0 Å². The number of amides is 4. The lowest BCUT2D eigenvalue weighted by atomic mass is 9.85. The van der Waals surface area contributed by atoms with Crippen molar-refractivity contribution in [3.63, 3.8) is 0 Å². The number of carbonyl (C=O) groups excluding carboxylic acids is 4. The fourth-order valence-electron chi connectivity index (χ4n) is 4.43.